The van der Waals surface area contributed by atoms with E-state index >= 15 is 0 Å². The zero-order chi connectivity index (χ0) is 11.4. The summed E-state index contributed by atoms with van der Waals surface area (Å²) < 4.78 is 12.2. The molecule has 1 fully saturated rings. The first-order chi connectivity index (χ1) is 7.73. The predicted molar refractivity (Wildman–Crippen MR) is 67.6 cm³/mol. The molecule has 0 bridgehead atoms. The van der Waals surface area contributed by atoms with E-state index in [9.17, 15) is 4.39 Å². The zero-order valence-electron chi connectivity index (χ0n) is 9.42. The lowest BCUT2D eigenvalue weighted by Gasteiger charge is -2.11. The third-order valence-electron chi connectivity index (χ3n) is 3.09. The van der Waals surface area contributed by atoms with Crippen molar-refractivity contribution in [3.8, 4) is 0 Å². The van der Waals surface area contributed by atoms with Crippen LogP contribution >= 0.6 is 11.8 Å². The second-order valence-corrected chi connectivity index (χ2v) is 5.64. The molecule has 0 saturated heterocycles. The molecule has 0 unspecified atom stereocenters. The molecule has 0 aliphatic heterocycles. The van der Waals surface area contributed by atoms with E-state index in [-0.39, 0.29) is 12.2 Å². The van der Waals surface area contributed by atoms with Gasteiger partial charge in [0.25, 0.3) is 0 Å². The van der Waals surface area contributed by atoms with Gasteiger partial charge in [0, 0.05) is 16.2 Å². The Balaban J connectivity index is 1.95. The van der Waals surface area contributed by atoms with Crippen LogP contribution in [0.15, 0.2) is 29.2 Å². The second-order valence-electron chi connectivity index (χ2n) is 4.51. The Bertz CT molecular complexity index is 350. The summed E-state index contributed by atoms with van der Waals surface area (Å²) in [6, 6.07) is 8.27. The van der Waals surface area contributed by atoms with Crippen LogP contribution in [0, 0.1) is 0 Å². The van der Waals surface area contributed by atoms with Crippen molar-refractivity contribution in [3.63, 3.8) is 0 Å². The molecule has 0 amide bonds. The zero-order valence-corrected chi connectivity index (χ0v) is 10.2. The largest absolute Gasteiger partial charge is 0.325 e. The minimum atomic E-state index is -0.264. The summed E-state index contributed by atoms with van der Waals surface area (Å²) in [5.74, 6) is 0.546. The van der Waals surface area contributed by atoms with Crippen LogP contribution < -0.4 is 5.73 Å². The molecule has 1 aromatic rings. The van der Waals surface area contributed by atoms with Gasteiger partial charge in [0.15, 0.2) is 0 Å². The Kier molecular flexibility index (Phi) is 3.87. The van der Waals surface area contributed by atoms with Gasteiger partial charge in [0.2, 0.25) is 0 Å². The molecule has 2 rings (SSSR count). The summed E-state index contributed by atoms with van der Waals surface area (Å²) in [5, 5.41) is 0. The number of alkyl halides is 1. The topological polar surface area (TPSA) is 26.0 Å². The molecule has 1 aliphatic carbocycles. The van der Waals surface area contributed by atoms with Crippen LogP contribution in [-0.4, -0.2) is 18.0 Å². The molecule has 2 N–H and O–H groups in total. The van der Waals surface area contributed by atoms with E-state index in [1.54, 1.807) is 11.8 Å². The highest BCUT2D eigenvalue weighted by molar-refractivity contribution is 7.99. The van der Waals surface area contributed by atoms with E-state index in [1.165, 1.54) is 10.5 Å². The van der Waals surface area contributed by atoms with Gasteiger partial charge in [0.1, 0.15) is 0 Å². The lowest BCUT2D eigenvalue weighted by molar-refractivity contribution is 0.532. The van der Waals surface area contributed by atoms with E-state index in [4.69, 9.17) is 5.73 Å². The van der Waals surface area contributed by atoms with Crippen molar-refractivity contribution in [2.45, 2.75) is 36.1 Å². The van der Waals surface area contributed by atoms with Crippen LogP contribution in [0.3, 0.4) is 0 Å². The molecule has 1 nitrogen and oxygen atoms in total. The first-order valence-electron chi connectivity index (χ1n) is 5.79. The average Bonchev–Trinajstić information content (AvgIpc) is 3.04. The van der Waals surface area contributed by atoms with Gasteiger partial charge in [-0.25, -0.2) is 0 Å². The normalized spacial score (nSPS) is 17.4. The van der Waals surface area contributed by atoms with E-state index < -0.39 is 0 Å². The van der Waals surface area contributed by atoms with Gasteiger partial charge in [-0.3, -0.25) is 4.39 Å². The molecular formula is C13H18FNS. The van der Waals surface area contributed by atoms with Gasteiger partial charge >= 0.3 is 0 Å². The Morgan fingerprint density at radius 3 is 2.75 bits per heavy atom. The standard InChI is InChI=1S/C13H18FNS/c14-9-10-16-12-4-2-1-3-11(12)5-6-13(15)7-8-13/h1-4H,5-10,15H2. The Morgan fingerprint density at radius 1 is 1.31 bits per heavy atom. The highest BCUT2D eigenvalue weighted by Gasteiger charge is 2.37. The maximum Gasteiger partial charge on any atom is 0.0988 e. The number of hydrogen-bond acceptors (Lipinski definition) is 2. The van der Waals surface area contributed by atoms with Crippen molar-refractivity contribution in [2.24, 2.45) is 5.73 Å². The summed E-state index contributed by atoms with van der Waals surface area (Å²) in [6.45, 7) is -0.264. The maximum absolute atomic E-state index is 12.2. The summed E-state index contributed by atoms with van der Waals surface area (Å²) >= 11 is 1.60. The third-order valence-corrected chi connectivity index (χ3v) is 4.16. The fourth-order valence-electron chi connectivity index (χ4n) is 1.79. The fourth-order valence-corrected chi connectivity index (χ4v) is 2.62. The molecule has 3 heteroatoms. The molecule has 0 heterocycles. The van der Waals surface area contributed by atoms with Crippen LogP contribution in [-0.2, 0) is 6.42 Å². The number of nitrogens with two attached hydrogens (primary N) is 1. The molecule has 0 radical (unpaired) electrons. The van der Waals surface area contributed by atoms with Gasteiger partial charge in [-0.05, 0) is 37.3 Å². The number of hydrogen-bond donors (Lipinski definition) is 1. The monoisotopic (exact) mass is 239 g/mol. The highest BCUT2D eigenvalue weighted by atomic mass is 32.2. The molecule has 16 heavy (non-hydrogen) atoms. The number of halogens is 1. The van der Waals surface area contributed by atoms with Crippen molar-refractivity contribution in [3.05, 3.63) is 29.8 Å². The van der Waals surface area contributed by atoms with E-state index in [0.717, 1.165) is 25.7 Å². The van der Waals surface area contributed by atoms with Crippen LogP contribution in [0.25, 0.3) is 0 Å². The number of thioether (sulfide) groups is 1. The van der Waals surface area contributed by atoms with Gasteiger partial charge < -0.3 is 5.73 Å². The quantitative estimate of drug-likeness (QED) is 0.772. The van der Waals surface area contributed by atoms with Crippen LogP contribution in [0.1, 0.15) is 24.8 Å². The molecular weight excluding hydrogens is 221 g/mol. The SMILES string of the molecule is NC1(CCc2ccccc2SCCF)CC1. The van der Waals surface area contributed by atoms with Crippen LogP contribution in [0.5, 0.6) is 0 Å². The highest BCUT2D eigenvalue weighted by Crippen LogP contribution is 2.37. The molecule has 1 aromatic carbocycles. The van der Waals surface area contributed by atoms with Crippen molar-refractivity contribution >= 4 is 11.8 Å². The van der Waals surface area contributed by atoms with Gasteiger partial charge in [-0.15, -0.1) is 11.8 Å². The first-order valence-corrected chi connectivity index (χ1v) is 6.78. The Morgan fingerprint density at radius 2 is 2.06 bits per heavy atom. The van der Waals surface area contributed by atoms with Gasteiger partial charge in [0.05, 0.1) is 6.67 Å². The molecule has 1 saturated carbocycles. The smallest absolute Gasteiger partial charge is 0.0988 e. The van der Waals surface area contributed by atoms with Crippen molar-refractivity contribution in [2.75, 3.05) is 12.4 Å². The summed E-state index contributed by atoms with van der Waals surface area (Å²) in [7, 11) is 0. The average molecular weight is 239 g/mol. The first kappa shape index (κ1) is 11.9. The third kappa shape index (κ3) is 3.22. The maximum atomic E-state index is 12.2. The van der Waals surface area contributed by atoms with Crippen LogP contribution in [0.2, 0.25) is 0 Å². The van der Waals surface area contributed by atoms with E-state index in [1.807, 2.05) is 12.1 Å². The number of benzene rings is 1. The Hall–Kier alpha value is -0.540. The summed E-state index contributed by atoms with van der Waals surface area (Å²) in [6.07, 6.45) is 4.39. The van der Waals surface area contributed by atoms with Crippen LogP contribution in [0.4, 0.5) is 4.39 Å². The van der Waals surface area contributed by atoms with E-state index in [2.05, 4.69) is 12.1 Å². The minimum absolute atomic E-state index is 0.109. The lowest BCUT2D eigenvalue weighted by Crippen LogP contribution is -2.22. The summed E-state index contributed by atoms with van der Waals surface area (Å²) in [4.78, 5) is 1.21. The fraction of sp³-hybridized carbons (Fsp3) is 0.538. The number of rotatable bonds is 6. The second kappa shape index (κ2) is 5.19. The van der Waals surface area contributed by atoms with Crippen molar-refractivity contribution < 1.29 is 4.39 Å². The molecule has 0 atom stereocenters. The molecule has 0 aromatic heterocycles. The predicted octanol–water partition coefficient (Wildman–Crippen LogP) is 3.17. The van der Waals surface area contributed by atoms with Gasteiger partial charge in [-0.1, -0.05) is 18.2 Å². The molecule has 0 spiro atoms. The van der Waals surface area contributed by atoms with E-state index in [0.29, 0.717) is 5.75 Å². The van der Waals surface area contributed by atoms with Gasteiger partial charge in [-0.2, -0.15) is 0 Å². The van der Waals surface area contributed by atoms with Crippen molar-refractivity contribution in [1.82, 2.24) is 0 Å². The summed E-state index contributed by atoms with van der Waals surface area (Å²) in [5.41, 5.74) is 7.50. The Labute approximate surface area is 101 Å². The lowest BCUT2D eigenvalue weighted by atomic mass is 10.0. The number of aryl methyl sites for hydroxylation is 1. The van der Waals surface area contributed by atoms with Crippen molar-refractivity contribution in [1.29, 1.82) is 0 Å². The molecule has 88 valence electrons. The molecule has 1 aliphatic rings. The minimum Gasteiger partial charge on any atom is -0.325 e.